The SMILES string of the molecule is C=CC(=O)Nc1ccc(C(=O)N2C[C@H](Nc3ncc(Cl)c(OC)n3)C[C@H]2C)cc1. The maximum absolute atomic E-state index is 12.9. The molecule has 152 valence electrons. The fraction of sp³-hybridized carbons (Fsp3) is 0.300. The molecule has 0 bridgehead atoms. The number of anilines is 2. The Balaban J connectivity index is 1.65. The molecule has 0 radical (unpaired) electrons. The number of methoxy groups -OCH3 is 1. The van der Waals surface area contributed by atoms with Crippen LogP contribution in [0.25, 0.3) is 0 Å². The van der Waals surface area contributed by atoms with E-state index in [2.05, 4.69) is 27.2 Å². The van der Waals surface area contributed by atoms with E-state index in [0.717, 1.165) is 6.42 Å². The number of amides is 2. The first-order valence-electron chi connectivity index (χ1n) is 9.08. The maximum atomic E-state index is 12.9. The van der Waals surface area contributed by atoms with Crippen LogP contribution in [0.5, 0.6) is 5.88 Å². The highest BCUT2D eigenvalue weighted by molar-refractivity contribution is 6.31. The van der Waals surface area contributed by atoms with E-state index in [1.165, 1.54) is 19.4 Å². The van der Waals surface area contributed by atoms with Gasteiger partial charge in [0.15, 0.2) is 0 Å². The molecule has 0 aliphatic carbocycles. The predicted octanol–water partition coefficient (Wildman–Crippen LogP) is 2.98. The molecule has 2 N–H and O–H groups in total. The molecule has 0 saturated carbocycles. The number of ether oxygens (including phenoxy) is 1. The molecule has 1 saturated heterocycles. The molecular weight excluding hydrogens is 394 g/mol. The minimum Gasteiger partial charge on any atom is -0.480 e. The summed E-state index contributed by atoms with van der Waals surface area (Å²) < 4.78 is 5.11. The van der Waals surface area contributed by atoms with Crippen LogP contribution in [-0.2, 0) is 4.79 Å². The molecule has 2 amide bonds. The highest BCUT2D eigenvalue weighted by Gasteiger charge is 2.33. The Hall–Kier alpha value is -3.13. The first-order chi connectivity index (χ1) is 13.9. The minimum absolute atomic E-state index is 0.00554. The number of carbonyl (C=O) groups is 2. The number of nitrogens with one attached hydrogen (secondary N) is 2. The normalized spacial score (nSPS) is 18.2. The number of likely N-dealkylation sites (tertiary alicyclic amines) is 1. The highest BCUT2D eigenvalue weighted by Crippen LogP contribution is 2.25. The summed E-state index contributed by atoms with van der Waals surface area (Å²) in [5, 5.41) is 6.23. The van der Waals surface area contributed by atoms with Crippen molar-refractivity contribution in [2.24, 2.45) is 0 Å². The summed E-state index contributed by atoms with van der Waals surface area (Å²) in [5.74, 6) is 0.331. The number of aromatic nitrogens is 2. The van der Waals surface area contributed by atoms with Gasteiger partial charge in [-0.1, -0.05) is 18.2 Å². The van der Waals surface area contributed by atoms with Gasteiger partial charge in [-0.2, -0.15) is 4.98 Å². The summed E-state index contributed by atoms with van der Waals surface area (Å²) in [5.41, 5.74) is 1.16. The maximum Gasteiger partial charge on any atom is 0.254 e. The number of hydrogen-bond donors (Lipinski definition) is 2. The summed E-state index contributed by atoms with van der Waals surface area (Å²) in [4.78, 5) is 34.5. The molecule has 2 aromatic rings. The largest absolute Gasteiger partial charge is 0.480 e. The van der Waals surface area contributed by atoms with Gasteiger partial charge >= 0.3 is 0 Å². The smallest absolute Gasteiger partial charge is 0.254 e. The lowest BCUT2D eigenvalue weighted by molar-refractivity contribution is -0.111. The second-order valence-corrected chi connectivity index (χ2v) is 7.11. The van der Waals surface area contributed by atoms with Gasteiger partial charge in [0.1, 0.15) is 5.02 Å². The second kappa shape index (κ2) is 8.91. The lowest BCUT2D eigenvalue weighted by atomic mass is 10.1. The topological polar surface area (TPSA) is 96.5 Å². The fourth-order valence-electron chi connectivity index (χ4n) is 3.22. The molecule has 2 heterocycles. The first-order valence-corrected chi connectivity index (χ1v) is 9.46. The van der Waals surface area contributed by atoms with Crippen LogP contribution in [0.2, 0.25) is 5.02 Å². The van der Waals surface area contributed by atoms with Gasteiger partial charge in [0.2, 0.25) is 17.7 Å². The van der Waals surface area contributed by atoms with Crippen LogP contribution >= 0.6 is 11.6 Å². The van der Waals surface area contributed by atoms with E-state index < -0.39 is 0 Å². The Kier molecular flexibility index (Phi) is 6.33. The molecule has 1 aromatic heterocycles. The molecule has 2 atom stereocenters. The van der Waals surface area contributed by atoms with Crippen LogP contribution < -0.4 is 15.4 Å². The Bertz CT molecular complexity index is 919. The zero-order valence-electron chi connectivity index (χ0n) is 16.2. The fourth-order valence-corrected chi connectivity index (χ4v) is 3.39. The average Bonchev–Trinajstić information content (AvgIpc) is 3.09. The molecule has 9 heteroatoms. The molecule has 8 nitrogen and oxygen atoms in total. The summed E-state index contributed by atoms with van der Waals surface area (Å²) in [6.45, 7) is 5.93. The zero-order chi connectivity index (χ0) is 21.0. The van der Waals surface area contributed by atoms with Crippen molar-refractivity contribution in [2.45, 2.75) is 25.4 Å². The number of hydrogen-bond acceptors (Lipinski definition) is 6. The van der Waals surface area contributed by atoms with Crippen molar-refractivity contribution >= 4 is 35.1 Å². The monoisotopic (exact) mass is 415 g/mol. The summed E-state index contributed by atoms with van der Waals surface area (Å²) in [7, 11) is 1.49. The van der Waals surface area contributed by atoms with Gasteiger partial charge in [-0.05, 0) is 43.7 Å². The van der Waals surface area contributed by atoms with Crippen molar-refractivity contribution in [1.82, 2.24) is 14.9 Å². The van der Waals surface area contributed by atoms with Crippen LogP contribution in [0.1, 0.15) is 23.7 Å². The van der Waals surface area contributed by atoms with Crippen molar-refractivity contribution < 1.29 is 14.3 Å². The van der Waals surface area contributed by atoms with Crippen molar-refractivity contribution in [1.29, 1.82) is 0 Å². The summed E-state index contributed by atoms with van der Waals surface area (Å²) in [6, 6.07) is 6.83. The van der Waals surface area contributed by atoms with Crippen LogP contribution in [-0.4, -0.2) is 52.4 Å². The van der Waals surface area contributed by atoms with Gasteiger partial charge in [0.25, 0.3) is 5.91 Å². The van der Waals surface area contributed by atoms with E-state index in [-0.39, 0.29) is 23.9 Å². The second-order valence-electron chi connectivity index (χ2n) is 6.71. The number of benzene rings is 1. The van der Waals surface area contributed by atoms with E-state index >= 15 is 0 Å². The van der Waals surface area contributed by atoms with E-state index in [1.54, 1.807) is 24.3 Å². The van der Waals surface area contributed by atoms with E-state index in [0.29, 0.717) is 34.6 Å². The molecule has 1 fully saturated rings. The Morgan fingerprint density at radius 1 is 1.34 bits per heavy atom. The number of nitrogens with zero attached hydrogens (tertiary/aromatic N) is 3. The first kappa shape index (κ1) is 20.6. The van der Waals surface area contributed by atoms with Gasteiger partial charge < -0.3 is 20.3 Å². The molecule has 0 unspecified atom stereocenters. The molecule has 3 rings (SSSR count). The third-order valence-electron chi connectivity index (χ3n) is 4.66. The predicted molar refractivity (Wildman–Crippen MR) is 111 cm³/mol. The standard InChI is InChI=1S/C20H22ClN5O3/c1-4-17(27)23-14-7-5-13(6-8-14)19(28)26-11-15(9-12(26)2)24-20-22-10-16(21)18(25-20)29-3/h4-8,10,12,15H,1,9,11H2,2-3H3,(H,23,27)(H,22,24,25)/t12-,15-/m1/s1. The van der Waals surface area contributed by atoms with Gasteiger partial charge in [-0.3, -0.25) is 9.59 Å². The van der Waals surface area contributed by atoms with Crippen molar-refractivity contribution in [3.8, 4) is 5.88 Å². The van der Waals surface area contributed by atoms with Crippen LogP contribution in [0.3, 0.4) is 0 Å². The lowest BCUT2D eigenvalue weighted by Gasteiger charge is -2.21. The average molecular weight is 416 g/mol. The summed E-state index contributed by atoms with van der Waals surface area (Å²) in [6.07, 6.45) is 3.43. The third kappa shape index (κ3) is 4.83. The Morgan fingerprint density at radius 2 is 2.07 bits per heavy atom. The Labute approximate surface area is 173 Å². The molecule has 29 heavy (non-hydrogen) atoms. The highest BCUT2D eigenvalue weighted by atomic mass is 35.5. The number of carbonyl (C=O) groups excluding carboxylic acids is 2. The minimum atomic E-state index is -0.299. The van der Waals surface area contributed by atoms with Gasteiger partial charge in [-0.25, -0.2) is 4.98 Å². The van der Waals surface area contributed by atoms with Crippen LogP contribution in [0, 0.1) is 0 Å². The molecule has 1 aromatic carbocycles. The number of halogens is 1. The number of rotatable bonds is 6. The van der Waals surface area contributed by atoms with Gasteiger partial charge in [0, 0.05) is 29.9 Å². The van der Waals surface area contributed by atoms with Crippen LogP contribution in [0.4, 0.5) is 11.6 Å². The van der Waals surface area contributed by atoms with Crippen molar-refractivity contribution in [3.63, 3.8) is 0 Å². The zero-order valence-corrected chi connectivity index (χ0v) is 16.9. The van der Waals surface area contributed by atoms with Crippen LogP contribution in [0.15, 0.2) is 43.1 Å². The van der Waals surface area contributed by atoms with E-state index in [1.807, 2.05) is 11.8 Å². The van der Waals surface area contributed by atoms with E-state index in [9.17, 15) is 9.59 Å². The quantitative estimate of drug-likeness (QED) is 0.704. The van der Waals surface area contributed by atoms with Gasteiger partial charge in [0.05, 0.1) is 13.3 Å². The van der Waals surface area contributed by atoms with E-state index in [4.69, 9.17) is 16.3 Å². The molecule has 0 spiro atoms. The summed E-state index contributed by atoms with van der Waals surface area (Å²) >= 11 is 5.96. The van der Waals surface area contributed by atoms with Crippen molar-refractivity contribution in [3.05, 3.63) is 53.7 Å². The molecular formula is C20H22ClN5O3. The molecule has 1 aliphatic heterocycles. The van der Waals surface area contributed by atoms with Gasteiger partial charge in [-0.15, -0.1) is 0 Å². The molecule has 1 aliphatic rings. The Morgan fingerprint density at radius 3 is 2.72 bits per heavy atom. The lowest BCUT2D eigenvalue weighted by Crippen LogP contribution is -2.35. The third-order valence-corrected chi connectivity index (χ3v) is 4.92. The van der Waals surface area contributed by atoms with Crippen molar-refractivity contribution in [2.75, 3.05) is 24.3 Å².